The number of hydrogen-bond donors (Lipinski definition) is 2. The fourth-order valence-electron chi connectivity index (χ4n) is 2.12. The molecule has 0 saturated carbocycles. The average molecular weight is 347 g/mol. The van der Waals surface area contributed by atoms with Crippen LogP contribution < -0.4 is 20.3 Å². The molecule has 0 radical (unpaired) electrons. The summed E-state index contributed by atoms with van der Waals surface area (Å²) in [5, 5.41) is 3.22. The normalized spacial score (nSPS) is 12.5. The Balaban J connectivity index is 1.61. The number of ether oxygens (including phenoxy) is 2. The first-order valence-corrected chi connectivity index (χ1v) is 8.43. The number of hydrogen-bond acceptors (Lipinski definition) is 6. The second-order valence-corrected chi connectivity index (χ2v) is 6.50. The molecule has 1 aromatic carbocycles. The average Bonchev–Trinajstić information content (AvgIpc) is 3.00. The van der Waals surface area contributed by atoms with Crippen LogP contribution in [0.2, 0.25) is 0 Å². The van der Waals surface area contributed by atoms with Crippen molar-refractivity contribution in [2.24, 2.45) is 0 Å². The first-order valence-electron chi connectivity index (χ1n) is 7.45. The molecule has 2 heterocycles. The largest absolute Gasteiger partial charge is 0.454 e. The lowest BCUT2D eigenvalue weighted by molar-refractivity contribution is -0.113. The number of nitrogens with one attached hydrogen (secondary N) is 2. The SMILES string of the molecule is CC(C)c1cc(=O)[nH]c(SCC(=O)Nc2ccc3c(c2)OCO3)n1. The maximum Gasteiger partial charge on any atom is 0.251 e. The highest BCUT2D eigenvalue weighted by molar-refractivity contribution is 7.99. The van der Waals surface area contributed by atoms with Gasteiger partial charge in [0, 0.05) is 17.8 Å². The predicted octanol–water partition coefficient (Wildman–Crippen LogP) is 2.35. The summed E-state index contributed by atoms with van der Waals surface area (Å²) in [4.78, 5) is 30.7. The van der Waals surface area contributed by atoms with Crippen LogP contribution in [-0.4, -0.2) is 28.4 Å². The minimum Gasteiger partial charge on any atom is -0.454 e. The highest BCUT2D eigenvalue weighted by Gasteiger charge is 2.14. The van der Waals surface area contributed by atoms with Gasteiger partial charge in [-0.25, -0.2) is 4.98 Å². The topological polar surface area (TPSA) is 93.3 Å². The number of benzene rings is 1. The third-order valence-electron chi connectivity index (χ3n) is 3.33. The Morgan fingerprint density at radius 2 is 2.12 bits per heavy atom. The molecule has 0 atom stereocenters. The van der Waals surface area contributed by atoms with Crippen molar-refractivity contribution in [2.45, 2.75) is 24.9 Å². The molecule has 0 unspecified atom stereocenters. The second-order valence-electron chi connectivity index (χ2n) is 5.54. The van der Waals surface area contributed by atoms with E-state index in [1.165, 1.54) is 17.8 Å². The van der Waals surface area contributed by atoms with E-state index >= 15 is 0 Å². The van der Waals surface area contributed by atoms with E-state index in [2.05, 4.69) is 15.3 Å². The molecule has 1 aliphatic rings. The Labute approximate surface area is 142 Å². The van der Waals surface area contributed by atoms with E-state index in [0.717, 1.165) is 0 Å². The zero-order valence-electron chi connectivity index (χ0n) is 13.3. The summed E-state index contributed by atoms with van der Waals surface area (Å²) in [6.45, 7) is 4.11. The van der Waals surface area contributed by atoms with Gasteiger partial charge in [-0.3, -0.25) is 9.59 Å². The summed E-state index contributed by atoms with van der Waals surface area (Å²) in [7, 11) is 0. The molecule has 0 saturated heterocycles. The van der Waals surface area contributed by atoms with Crippen molar-refractivity contribution >= 4 is 23.4 Å². The number of aromatic amines is 1. The van der Waals surface area contributed by atoms with Gasteiger partial charge in [-0.1, -0.05) is 25.6 Å². The number of anilines is 1. The van der Waals surface area contributed by atoms with Gasteiger partial charge in [0.05, 0.1) is 11.4 Å². The Hall–Kier alpha value is -2.48. The zero-order chi connectivity index (χ0) is 17.1. The van der Waals surface area contributed by atoms with Gasteiger partial charge >= 0.3 is 0 Å². The molecule has 0 spiro atoms. The van der Waals surface area contributed by atoms with E-state index in [1.54, 1.807) is 18.2 Å². The number of H-pyrrole nitrogens is 1. The van der Waals surface area contributed by atoms with Gasteiger partial charge < -0.3 is 19.8 Å². The highest BCUT2D eigenvalue weighted by atomic mass is 32.2. The lowest BCUT2D eigenvalue weighted by Gasteiger charge is -2.07. The van der Waals surface area contributed by atoms with Gasteiger partial charge in [-0.2, -0.15) is 0 Å². The number of amides is 1. The van der Waals surface area contributed by atoms with E-state index in [9.17, 15) is 9.59 Å². The van der Waals surface area contributed by atoms with Crippen molar-refractivity contribution < 1.29 is 14.3 Å². The Bertz CT molecular complexity index is 819. The number of carbonyl (C=O) groups is 1. The molecule has 0 fully saturated rings. The van der Waals surface area contributed by atoms with Gasteiger partial charge in [0.1, 0.15) is 0 Å². The first-order chi connectivity index (χ1) is 11.5. The van der Waals surface area contributed by atoms with Crippen LogP contribution in [-0.2, 0) is 4.79 Å². The maximum absolute atomic E-state index is 12.1. The molecule has 7 nitrogen and oxygen atoms in total. The molecular formula is C16H17N3O4S. The van der Waals surface area contributed by atoms with Crippen LogP contribution in [0.3, 0.4) is 0 Å². The number of thioether (sulfide) groups is 1. The van der Waals surface area contributed by atoms with Crippen LogP contribution in [0.4, 0.5) is 5.69 Å². The molecule has 0 bridgehead atoms. The fraction of sp³-hybridized carbons (Fsp3) is 0.312. The van der Waals surface area contributed by atoms with Crippen molar-refractivity contribution in [1.82, 2.24) is 9.97 Å². The summed E-state index contributed by atoms with van der Waals surface area (Å²) in [5.74, 6) is 1.36. The summed E-state index contributed by atoms with van der Waals surface area (Å²) >= 11 is 1.18. The number of rotatable bonds is 5. The second kappa shape index (κ2) is 6.96. The molecule has 24 heavy (non-hydrogen) atoms. The quantitative estimate of drug-likeness (QED) is 0.637. The number of aromatic nitrogens is 2. The smallest absolute Gasteiger partial charge is 0.251 e. The predicted molar refractivity (Wildman–Crippen MR) is 90.9 cm³/mol. The Kier molecular flexibility index (Phi) is 4.75. The van der Waals surface area contributed by atoms with E-state index in [1.807, 2.05) is 13.8 Å². The third kappa shape index (κ3) is 3.88. The van der Waals surface area contributed by atoms with E-state index in [-0.39, 0.29) is 29.9 Å². The number of carbonyl (C=O) groups excluding carboxylic acids is 1. The molecule has 0 aliphatic carbocycles. The van der Waals surface area contributed by atoms with Gasteiger partial charge in [-0.05, 0) is 18.1 Å². The standard InChI is InChI=1S/C16H17N3O4S/c1-9(2)11-6-14(20)19-16(18-11)24-7-15(21)17-10-3-4-12-13(5-10)23-8-22-12/h3-6,9H,7-8H2,1-2H3,(H,17,21)(H,18,19,20). The fourth-order valence-corrected chi connectivity index (χ4v) is 2.81. The van der Waals surface area contributed by atoms with Crippen molar-refractivity contribution in [1.29, 1.82) is 0 Å². The molecule has 1 amide bonds. The third-order valence-corrected chi connectivity index (χ3v) is 4.20. The molecule has 1 aliphatic heterocycles. The van der Waals surface area contributed by atoms with Crippen molar-refractivity contribution in [2.75, 3.05) is 17.9 Å². The summed E-state index contributed by atoms with van der Waals surface area (Å²) in [6, 6.07) is 6.68. The molecule has 2 aromatic rings. The minimum atomic E-state index is -0.215. The summed E-state index contributed by atoms with van der Waals surface area (Å²) in [6.07, 6.45) is 0. The lowest BCUT2D eigenvalue weighted by atomic mass is 10.1. The highest BCUT2D eigenvalue weighted by Crippen LogP contribution is 2.34. The molecule has 8 heteroatoms. The number of fused-ring (bicyclic) bond motifs is 1. The molecule has 3 rings (SSSR count). The van der Waals surface area contributed by atoms with E-state index in [0.29, 0.717) is 28.0 Å². The van der Waals surface area contributed by atoms with Crippen molar-refractivity contribution in [3.8, 4) is 11.5 Å². The van der Waals surface area contributed by atoms with Crippen LogP contribution in [0, 0.1) is 0 Å². The molecule has 1 aromatic heterocycles. The molecule has 2 N–H and O–H groups in total. The minimum absolute atomic E-state index is 0.138. The van der Waals surface area contributed by atoms with E-state index < -0.39 is 0 Å². The monoisotopic (exact) mass is 347 g/mol. The van der Waals surface area contributed by atoms with Gasteiger partial charge in [0.15, 0.2) is 16.7 Å². The zero-order valence-corrected chi connectivity index (χ0v) is 14.1. The maximum atomic E-state index is 12.1. The molecular weight excluding hydrogens is 330 g/mol. The Morgan fingerprint density at radius 3 is 2.92 bits per heavy atom. The number of nitrogens with zero attached hydrogens (tertiary/aromatic N) is 1. The van der Waals surface area contributed by atoms with Crippen LogP contribution >= 0.6 is 11.8 Å². The van der Waals surface area contributed by atoms with E-state index in [4.69, 9.17) is 9.47 Å². The van der Waals surface area contributed by atoms with Crippen LogP contribution in [0.5, 0.6) is 11.5 Å². The van der Waals surface area contributed by atoms with Gasteiger partial charge in [0.25, 0.3) is 5.56 Å². The van der Waals surface area contributed by atoms with Gasteiger partial charge in [-0.15, -0.1) is 0 Å². The molecule has 126 valence electrons. The first kappa shape index (κ1) is 16.4. The van der Waals surface area contributed by atoms with Gasteiger partial charge in [0.2, 0.25) is 12.7 Å². The lowest BCUT2D eigenvalue weighted by Crippen LogP contribution is -2.16. The van der Waals surface area contributed by atoms with Crippen LogP contribution in [0.15, 0.2) is 34.2 Å². The summed E-state index contributed by atoms with van der Waals surface area (Å²) in [5.41, 5.74) is 1.12. The summed E-state index contributed by atoms with van der Waals surface area (Å²) < 4.78 is 10.5. The van der Waals surface area contributed by atoms with Crippen molar-refractivity contribution in [3.05, 3.63) is 40.3 Å². The Morgan fingerprint density at radius 1 is 1.33 bits per heavy atom. The van der Waals surface area contributed by atoms with Crippen LogP contribution in [0.1, 0.15) is 25.5 Å². The van der Waals surface area contributed by atoms with Crippen LogP contribution in [0.25, 0.3) is 0 Å². The van der Waals surface area contributed by atoms with Crippen molar-refractivity contribution in [3.63, 3.8) is 0 Å².